The largest absolute Gasteiger partial charge is 0.368 e. The highest BCUT2D eigenvalue weighted by molar-refractivity contribution is 6.35. The van der Waals surface area contributed by atoms with Crippen LogP contribution in [0.5, 0.6) is 0 Å². The third-order valence-corrected chi connectivity index (χ3v) is 6.93. The molecule has 1 atom stereocenters. The molecule has 0 saturated heterocycles. The molecule has 4 rings (SSSR count). The predicted octanol–water partition coefficient (Wildman–Crippen LogP) is 5.93. The van der Waals surface area contributed by atoms with Gasteiger partial charge in [0.2, 0.25) is 11.8 Å². The van der Waals surface area contributed by atoms with Crippen molar-refractivity contribution in [2.75, 3.05) is 0 Å². The highest BCUT2D eigenvalue weighted by Gasteiger charge is 2.39. The third kappa shape index (κ3) is 5.62. The van der Waals surface area contributed by atoms with Crippen LogP contribution in [0.15, 0.2) is 109 Å². The van der Waals surface area contributed by atoms with Gasteiger partial charge in [0.1, 0.15) is 6.04 Å². The highest BCUT2D eigenvalue weighted by Crippen LogP contribution is 2.42. The van der Waals surface area contributed by atoms with Gasteiger partial charge >= 0.3 is 0 Å². The monoisotopic (exact) mass is 516 g/mol. The van der Waals surface area contributed by atoms with Crippen molar-refractivity contribution >= 4 is 35.0 Å². The van der Waals surface area contributed by atoms with Gasteiger partial charge in [0.05, 0.1) is 5.41 Å². The summed E-state index contributed by atoms with van der Waals surface area (Å²) in [5.41, 5.74) is 8.48. The molecule has 6 heteroatoms. The Morgan fingerprint density at radius 1 is 0.750 bits per heavy atom. The van der Waals surface area contributed by atoms with Gasteiger partial charge in [0, 0.05) is 22.9 Å². The maximum atomic E-state index is 13.6. The number of nitrogens with two attached hydrogens (primary N) is 1. The summed E-state index contributed by atoms with van der Waals surface area (Å²) in [7, 11) is 0. The van der Waals surface area contributed by atoms with Crippen molar-refractivity contribution in [2.24, 2.45) is 5.73 Å². The SMILES string of the molecule is NC(=O)[C@H](Cc1ccc(Cl)cc1Cl)NC(=O)CC(c1ccccc1)(c1ccccc1)c1ccccc1. The lowest BCUT2D eigenvalue weighted by atomic mass is 9.67. The second-order valence-corrected chi connectivity index (χ2v) is 9.49. The van der Waals surface area contributed by atoms with Crippen molar-refractivity contribution in [3.8, 4) is 0 Å². The summed E-state index contributed by atoms with van der Waals surface area (Å²) in [5, 5.41) is 3.77. The van der Waals surface area contributed by atoms with Crippen molar-refractivity contribution in [1.82, 2.24) is 5.32 Å². The molecular weight excluding hydrogens is 491 g/mol. The van der Waals surface area contributed by atoms with Gasteiger partial charge in [0.25, 0.3) is 0 Å². The first kappa shape index (κ1) is 25.5. The molecule has 0 bridgehead atoms. The van der Waals surface area contributed by atoms with Crippen LogP contribution in [0.2, 0.25) is 10.0 Å². The zero-order chi connectivity index (χ0) is 25.5. The minimum Gasteiger partial charge on any atom is -0.368 e. The zero-order valence-corrected chi connectivity index (χ0v) is 21.0. The number of hydrogen-bond acceptors (Lipinski definition) is 2. The molecule has 0 heterocycles. The van der Waals surface area contributed by atoms with Crippen LogP contribution in [-0.4, -0.2) is 17.9 Å². The average Bonchev–Trinajstić information content (AvgIpc) is 2.90. The van der Waals surface area contributed by atoms with Crippen LogP contribution in [-0.2, 0) is 21.4 Å². The van der Waals surface area contributed by atoms with Gasteiger partial charge < -0.3 is 11.1 Å². The molecule has 36 heavy (non-hydrogen) atoms. The average molecular weight is 517 g/mol. The second kappa shape index (κ2) is 11.4. The molecule has 3 N–H and O–H groups in total. The van der Waals surface area contributed by atoms with E-state index in [1.807, 2.05) is 91.0 Å². The molecule has 0 fully saturated rings. The molecular formula is C30H26Cl2N2O2. The molecule has 0 saturated carbocycles. The lowest BCUT2D eigenvalue weighted by Crippen LogP contribution is -2.48. The van der Waals surface area contributed by atoms with Gasteiger partial charge in [-0.15, -0.1) is 0 Å². The predicted molar refractivity (Wildman–Crippen MR) is 145 cm³/mol. The standard InChI is InChI=1S/C30H26Cl2N2O2/c31-25-17-16-21(26(32)19-25)18-27(29(33)36)34-28(35)20-30(22-10-4-1-5-11-22,23-12-6-2-7-13-23)24-14-8-3-9-15-24/h1-17,19,27H,18,20H2,(H2,33,36)(H,34,35)/t27-/m0/s1. The Kier molecular flexibility index (Phi) is 8.09. The number of halogens is 2. The Balaban J connectivity index is 1.72. The molecule has 2 amide bonds. The smallest absolute Gasteiger partial charge is 0.240 e. The van der Waals surface area contributed by atoms with E-state index in [9.17, 15) is 9.59 Å². The van der Waals surface area contributed by atoms with E-state index < -0.39 is 17.4 Å². The van der Waals surface area contributed by atoms with E-state index >= 15 is 0 Å². The number of primary amides is 1. The van der Waals surface area contributed by atoms with E-state index in [0.717, 1.165) is 16.7 Å². The van der Waals surface area contributed by atoms with Gasteiger partial charge in [-0.1, -0.05) is 120 Å². The summed E-state index contributed by atoms with van der Waals surface area (Å²) < 4.78 is 0. The number of hydrogen-bond donors (Lipinski definition) is 2. The first-order chi connectivity index (χ1) is 17.4. The molecule has 0 aliphatic carbocycles. The minimum absolute atomic E-state index is 0.0726. The Hall–Kier alpha value is -3.60. The van der Waals surface area contributed by atoms with Crippen molar-refractivity contribution in [1.29, 1.82) is 0 Å². The quantitative estimate of drug-likeness (QED) is 0.270. The number of carbonyl (C=O) groups is 2. The summed E-state index contributed by atoms with van der Waals surface area (Å²) in [6.07, 6.45) is 0.231. The highest BCUT2D eigenvalue weighted by atomic mass is 35.5. The van der Waals surface area contributed by atoms with Crippen LogP contribution in [0.25, 0.3) is 0 Å². The third-order valence-electron chi connectivity index (χ3n) is 6.34. The van der Waals surface area contributed by atoms with E-state index in [2.05, 4.69) is 5.32 Å². The second-order valence-electron chi connectivity index (χ2n) is 8.64. The van der Waals surface area contributed by atoms with E-state index in [1.54, 1.807) is 18.2 Å². The Bertz CT molecular complexity index is 1230. The van der Waals surface area contributed by atoms with Crippen molar-refractivity contribution in [3.63, 3.8) is 0 Å². The van der Waals surface area contributed by atoms with Gasteiger partial charge in [-0.2, -0.15) is 0 Å². The number of nitrogens with one attached hydrogen (secondary N) is 1. The van der Waals surface area contributed by atoms with Gasteiger partial charge in [-0.25, -0.2) is 0 Å². The fourth-order valence-electron chi connectivity index (χ4n) is 4.59. The molecule has 0 aliphatic heterocycles. The summed E-state index contributed by atoms with van der Waals surface area (Å²) in [6.45, 7) is 0. The molecule has 0 aliphatic rings. The van der Waals surface area contributed by atoms with Gasteiger partial charge in [-0.3, -0.25) is 9.59 Å². The fourth-order valence-corrected chi connectivity index (χ4v) is 5.08. The zero-order valence-electron chi connectivity index (χ0n) is 19.5. The molecule has 4 nitrogen and oxygen atoms in total. The first-order valence-electron chi connectivity index (χ1n) is 11.6. The molecule has 0 aromatic heterocycles. The van der Waals surface area contributed by atoms with E-state index in [1.165, 1.54) is 0 Å². The van der Waals surface area contributed by atoms with Crippen LogP contribution in [0.4, 0.5) is 0 Å². The summed E-state index contributed by atoms with van der Waals surface area (Å²) in [4.78, 5) is 26.0. The molecule has 182 valence electrons. The number of benzene rings is 4. The van der Waals surface area contributed by atoms with Crippen LogP contribution >= 0.6 is 23.2 Å². The summed E-state index contributed by atoms with van der Waals surface area (Å²) in [6, 6.07) is 33.8. The van der Waals surface area contributed by atoms with E-state index in [-0.39, 0.29) is 18.7 Å². The number of amides is 2. The molecule has 0 unspecified atom stereocenters. The van der Waals surface area contributed by atoms with Crippen molar-refractivity contribution < 1.29 is 9.59 Å². The van der Waals surface area contributed by atoms with E-state index in [0.29, 0.717) is 15.6 Å². The number of carbonyl (C=O) groups excluding carboxylic acids is 2. The van der Waals surface area contributed by atoms with Crippen LogP contribution in [0.3, 0.4) is 0 Å². The summed E-state index contributed by atoms with van der Waals surface area (Å²) >= 11 is 12.3. The lowest BCUT2D eigenvalue weighted by molar-refractivity contribution is -0.127. The van der Waals surface area contributed by atoms with Crippen LogP contribution in [0.1, 0.15) is 28.7 Å². The molecule has 0 spiro atoms. The van der Waals surface area contributed by atoms with Gasteiger partial charge in [-0.05, 0) is 34.4 Å². The Morgan fingerprint density at radius 2 is 1.22 bits per heavy atom. The fraction of sp³-hybridized carbons (Fsp3) is 0.133. The topological polar surface area (TPSA) is 72.2 Å². The Labute approximate surface area is 221 Å². The Morgan fingerprint density at radius 3 is 1.64 bits per heavy atom. The maximum Gasteiger partial charge on any atom is 0.240 e. The molecule has 4 aromatic rings. The molecule has 0 radical (unpaired) electrons. The molecule has 4 aromatic carbocycles. The van der Waals surface area contributed by atoms with Crippen molar-refractivity contribution in [3.05, 3.63) is 141 Å². The van der Waals surface area contributed by atoms with Crippen molar-refractivity contribution in [2.45, 2.75) is 24.3 Å². The maximum absolute atomic E-state index is 13.6. The first-order valence-corrected chi connectivity index (χ1v) is 12.3. The summed E-state index contributed by atoms with van der Waals surface area (Å²) in [5.74, 6) is -0.945. The number of rotatable bonds is 9. The lowest BCUT2D eigenvalue weighted by Gasteiger charge is -2.36. The van der Waals surface area contributed by atoms with Gasteiger partial charge in [0.15, 0.2) is 0 Å². The van der Waals surface area contributed by atoms with E-state index in [4.69, 9.17) is 28.9 Å². The van der Waals surface area contributed by atoms with Crippen LogP contribution in [0, 0.1) is 0 Å². The normalized spacial score (nSPS) is 12.1. The minimum atomic E-state index is -0.934. The van der Waals surface area contributed by atoms with Crippen LogP contribution < -0.4 is 11.1 Å².